The lowest BCUT2D eigenvalue weighted by Gasteiger charge is -2.16. The molecule has 3 aromatic rings. The number of rotatable bonds is 8. The Morgan fingerprint density at radius 3 is 2.50 bits per heavy atom. The normalized spacial score (nSPS) is 11.5. The van der Waals surface area contributed by atoms with E-state index in [2.05, 4.69) is 19.7 Å². The molecule has 0 bridgehead atoms. The molecule has 0 aliphatic carbocycles. The highest BCUT2D eigenvalue weighted by atomic mass is 32.2. The predicted molar refractivity (Wildman–Crippen MR) is 123 cm³/mol. The van der Waals surface area contributed by atoms with Crippen LogP contribution in [0.5, 0.6) is 17.4 Å². The molecule has 0 amide bonds. The van der Waals surface area contributed by atoms with Gasteiger partial charge >= 0.3 is 0 Å². The summed E-state index contributed by atoms with van der Waals surface area (Å²) < 4.78 is 14.8. The molecule has 8 heteroatoms. The zero-order valence-corrected chi connectivity index (χ0v) is 17.8. The number of hydrogen-bond donors (Lipinski definition) is 2. The monoisotopic (exact) mass is 421 g/mol. The van der Waals surface area contributed by atoms with Gasteiger partial charge in [0.15, 0.2) is 0 Å². The Morgan fingerprint density at radius 1 is 1.10 bits per heavy atom. The number of anilines is 1. The molecule has 0 atom stereocenters. The van der Waals surface area contributed by atoms with Gasteiger partial charge in [0.2, 0.25) is 11.7 Å². The molecule has 0 aliphatic rings. The van der Waals surface area contributed by atoms with Gasteiger partial charge in [0, 0.05) is 25.0 Å². The summed E-state index contributed by atoms with van der Waals surface area (Å²) in [6.07, 6.45) is 3.10. The van der Waals surface area contributed by atoms with Gasteiger partial charge in [0.05, 0.1) is 12.0 Å². The van der Waals surface area contributed by atoms with E-state index in [1.54, 1.807) is 20.4 Å². The van der Waals surface area contributed by atoms with Crippen LogP contribution < -0.4 is 19.9 Å². The molecule has 1 aromatic heterocycles. The quantitative estimate of drug-likeness (QED) is 0.398. The number of aryl methyl sites for hydroxylation is 1. The van der Waals surface area contributed by atoms with Gasteiger partial charge in [0.1, 0.15) is 11.4 Å². The van der Waals surface area contributed by atoms with Crippen molar-refractivity contribution in [2.45, 2.75) is 6.92 Å². The van der Waals surface area contributed by atoms with Crippen molar-refractivity contribution in [2.24, 2.45) is 10.7 Å². The molecule has 2 aromatic carbocycles. The third-order valence-corrected chi connectivity index (χ3v) is 4.84. The second-order valence-electron chi connectivity index (χ2n) is 6.12. The number of methoxy groups -OCH3 is 1. The van der Waals surface area contributed by atoms with Crippen LogP contribution in [0.4, 0.5) is 5.95 Å². The number of ether oxygens (including phenoxy) is 2. The minimum atomic E-state index is 0.308. The van der Waals surface area contributed by atoms with Crippen LogP contribution in [-0.2, 0) is 0 Å². The summed E-state index contributed by atoms with van der Waals surface area (Å²) in [5.74, 6) is 1.76. The van der Waals surface area contributed by atoms with E-state index >= 15 is 0 Å². The average Bonchev–Trinajstić information content (AvgIpc) is 2.77. The Labute approximate surface area is 180 Å². The molecule has 0 fully saturated rings. The smallest absolute Gasteiger partial charge is 0.268 e. The van der Waals surface area contributed by atoms with Crippen LogP contribution >= 0.6 is 11.9 Å². The number of nitrogens with one attached hydrogen (secondary N) is 1. The highest BCUT2D eigenvalue weighted by Crippen LogP contribution is 2.40. The van der Waals surface area contributed by atoms with E-state index in [1.165, 1.54) is 18.1 Å². The van der Waals surface area contributed by atoms with Crippen LogP contribution in [0.1, 0.15) is 5.56 Å². The van der Waals surface area contributed by atoms with Crippen molar-refractivity contribution in [3.05, 3.63) is 71.3 Å². The topological polar surface area (TPSA) is 94.7 Å². The third kappa shape index (κ3) is 5.09. The Hall–Kier alpha value is -3.52. The van der Waals surface area contributed by atoms with Crippen molar-refractivity contribution in [3.8, 4) is 28.6 Å². The van der Waals surface area contributed by atoms with Gasteiger partial charge in [-0.25, -0.2) is 4.98 Å². The van der Waals surface area contributed by atoms with E-state index in [9.17, 15) is 0 Å². The molecule has 30 heavy (non-hydrogen) atoms. The van der Waals surface area contributed by atoms with E-state index in [4.69, 9.17) is 15.2 Å². The van der Waals surface area contributed by atoms with Crippen LogP contribution in [0.25, 0.3) is 11.3 Å². The SMILES string of the molecule is CN=CC(=CN)SNc1nc(Oc2ccccc2)c(OC)c(-c2ccccc2C)n1. The predicted octanol–water partition coefficient (Wildman–Crippen LogP) is 4.81. The number of nitrogens with zero attached hydrogens (tertiary/aromatic N) is 3. The van der Waals surface area contributed by atoms with E-state index in [1.807, 2.05) is 61.5 Å². The average molecular weight is 422 g/mol. The van der Waals surface area contributed by atoms with Crippen molar-refractivity contribution >= 4 is 24.1 Å². The molecule has 154 valence electrons. The summed E-state index contributed by atoms with van der Waals surface area (Å²) in [7, 11) is 3.25. The summed E-state index contributed by atoms with van der Waals surface area (Å²) in [5.41, 5.74) is 8.25. The van der Waals surface area contributed by atoms with Gasteiger partial charge in [-0.05, 0) is 36.6 Å². The molecular formula is C22H23N5O2S. The molecular weight excluding hydrogens is 398 g/mol. The minimum absolute atomic E-state index is 0.308. The number of aliphatic imine (C=N–C) groups is 1. The van der Waals surface area contributed by atoms with Crippen molar-refractivity contribution in [3.63, 3.8) is 0 Å². The van der Waals surface area contributed by atoms with Crippen molar-refractivity contribution < 1.29 is 9.47 Å². The maximum Gasteiger partial charge on any atom is 0.268 e. The first-order valence-electron chi connectivity index (χ1n) is 9.18. The molecule has 0 saturated carbocycles. The molecule has 3 rings (SSSR count). The zero-order chi connectivity index (χ0) is 21.3. The highest BCUT2D eigenvalue weighted by Gasteiger charge is 2.20. The molecule has 0 spiro atoms. The number of benzene rings is 2. The lowest BCUT2D eigenvalue weighted by atomic mass is 10.1. The standard InChI is InChI=1S/C22H23N5O2S/c1-15-9-7-8-12-18(15)19-20(28-3)21(29-16-10-5-4-6-11-16)26-22(25-19)27-30-17(13-23)14-24-2/h4-14H,23H2,1-3H3,(H,25,26,27). The molecule has 0 aliphatic heterocycles. The number of allylic oxidation sites excluding steroid dienone is 1. The summed E-state index contributed by atoms with van der Waals surface area (Å²) >= 11 is 1.25. The van der Waals surface area contributed by atoms with Crippen LogP contribution in [-0.4, -0.2) is 30.3 Å². The zero-order valence-electron chi connectivity index (χ0n) is 17.0. The first-order valence-corrected chi connectivity index (χ1v) is 9.99. The maximum absolute atomic E-state index is 6.03. The Morgan fingerprint density at radius 2 is 1.83 bits per heavy atom. The number of aromatic nitrogens is 2. The van der Waals surface area contributed by atoms with Crippen LogP contribution in [0, 0.1) is 6.92 Å². The summed E-state index contributed by atoms with van der Waals surface area (Å²) in [6.45, 7) is 2.02. The largest absolute Gasteiger partial charge is 0.490 e. The summed E-state index contributed by atoms with van der Waals surface area (Å²) in [6, 6.07) is 17.3. The molecule has 3 N–H and O–H groups in total. The van der Waals surface area contributed by atoms with Gasteiger partial charge in [-0.2, -0.15) is 4.98 Å². The fraction of sp³-hybridized carbons (Fsp3) is 0.136. The Balaban J connectivity index is 2.07. The van der Waals surface area contributed by atoms with Crippen molar-refractivity contribution in [1.29, 1.82) is 0 Å². The molecule has 0 saturated heterocycles. The third-order valence-electron chi connectivity index (χ3n) is 4.08. The van der Waals surface area contributed by atoms with E-state index in [-0.39, 0.29) is 0 Å². The van der Waals surface area contributed by atoms with Gasteiger partial charge < -0.3 is 15.2 Å². The number of para-hydroxylation sites is 1. The van der Waals surface area contributed by atoms with Crippen LogP contribution in [0.3, 0.4) is 0 Å². The molecule has 1 heterocycles. The fourth-order valence-corrected chi connectivity index (χ4v) is 3.21. The van der Waals surface area contributed by atoms with E-state index < -0.39 is 0 Å². The fourth-order valence-electron chi connectivity index (χ4n) is 2.69. The number of nitrogens with two attached hydrogens (primary N) is 1. The lowest BCUT2D eigenvalue weighted by Crippen LogP contribution is -2.04. The minimum Gasteiger partial charge on any atom is -0.490 e. The molecule has 0 radical (unpaired) electrons. The van der Waals surface area contributed by atoms with Gasteiger partial charge in [-0.15, -0.1) is 0 Å². The highest BCUT2D eigenvalue weighted by molar-refractivity contribution is 8.05. The maximum atomic E-state index is 6.03. The van der Waals surface area contributed by atoms with Gasteiger partial charge in [-0.1, -0.05) is 42.5 Å². The van der Waals surface area contributed by atoms with E-state index in [0.717, 1.165) is 16.0 Å². The first kappa shape index (κ1) is 21.2. The van der Waals surface area contributed by atoms with Gasteiger partial charge in [0.25, 0.3) is 5.88 Å². The number of hydrogen-bond acceptors (Lipinski definition) is 8. The van der Waals surface area contributed by atoms with E-state index in [0.29, 0.717) is 29.0 Å². The van der Waals surface area contributed by atoms with Gasteiger partial charge in [-0.3, -0.25) is 9.71 Å². The van der Waals surface area contributed by atoms with Crippen LogP contribution in [0.15, 0.2) is 70.7 Å². The second-order valence-corrected chi connectivity index (χ2v) is 7.00. The Kier molecular flexibility index (Phi) is 7.29. The molecule has 7 nitrogen and oxygen atoms in total. The van der Waals surface area contributed by atoms with Crippen LogP contribution in [0.2, 0.25) is 0 Å². The Bertz CT molecular complexity index is 1050. The summed E-state index contributed by atoms with van der Waals surface area (Å²) in [5, 5.41) is 0. The van der Waals surface area contributed by atoms with Crippen molar-refractivity contribution in [2.75, 3.05) is 18.9 Å². The molecule has 0 unspecified atom stereocenters. The lowest BCUT2D eigenvalue weighted by molar-refractivity contribution is 0.369. The summed E-state index contributed by atoms with van der Waals surface area (Å²) in [4.78, 5) is 13.9. The second kappa shape index (κ2) is 10.3. The van der Waals surface area contributed by atoms with Crippen molar-refractivity contribution in [1.82, 2.24) is 9.97 Å². The first-order chi connectivity index (χ1) is 14.7.